The van der Waals surface area contributed by atoms with E-state index >= 15 is 0 Å². The molecule has 0 aliphatic rings. The smallest absolute Gasteiger partial charge is 0.411 e. The molecule has 0 bridgehead atoms. The van der Waals surface area contributed by atoms with Crippen molar-refractivity contribution in [1.82, 2.24) is 9.78 Å². The van der Waals surface area contributed by atoms with Crippen LogP contribution in [0.15, 0.2) is 34.9 Å². The summed E-state index contributed by atoms with van der Waals surface area (Å²) in [6.07, 6.45) is 3.19. The fraction of sp³-hybridized carbons (Fsp3) is 0.333. The van der Waals surface area contributed by atoms with E-state index in [1.165, 1.54) is 0 Å². The third kappa shape index (κ3) is 4.07. The Labute approximate surface area is 132 Å². The number of benzene rings is 1. The van der Waals surface area contributed by atoms with Crippen LogP contribution in [0.25, 0.3) is 11.3 Å². The molecule has 0 saturated heterocycles. The van der Waals surface area contributed by atoms with Gasteiger partial charge in [-0.3, -0.25) is 10.00 Å². The highest BCUT2D eigenvalue weighted by atomic mass is 79.9. The molecule has 0 aliphatic heterocycles. The number of carbonyl (C=O) groups is 1. The van der Waals surface area contributed by atoms with Gasteiger partial charge in [0, 0.05) is 18.3 Å². The first-order valence-electron chi connectivity index (χ1n) is 6.83. The number of anilines is 1. The van der Waals surface area contributed by atoms with E-state index in [0.717, 1.165) is 28.6 Å². The second-order valence-corrected chi connectivity index (χ2v) is 5.51. The highest BCUT2D eigenvalue weighted by molar-refractivity contribution is 9.10. The molecule has 0 radical (unpaired) electrons. The van der Waals surface area contributed by atoms with Crippen molar-refractivity contribution in [3.63, 3.8) is 0 Å². The second-order valence-electron chi connectivity index (χ2n) is 4.66. The summed E-state index contributed by atoms with van der Waals surface area (Å²) >= 11 is 3.48. The number of halogens is 1. The van der Waals surface area contributed by atoms with Crippen LogP contribution in [0.4, 0.5) is 10.5 Å². The molecule has 0 saturated carbocycles. The summed E-state index contributed by atoms with van der Waals surface area (Å²) < 4.78 is 7.78. The predicted molar refractivity (Wildman–Crippen MR) is 86.2 cm³/mol. The second kappa shape index (κ2) is 7.26. The standard InChI is InChI=1S/C15H18BrN3O2/c1-3-4-8-21-15(20)18-12-7-5-6-11(9-12)14-13(16)10-17-19(14)2/h5-7,9-10H,3-4,8H2,1-2H3,(H,18,20). The summed E-state index contributed by atoms with van der Waals surface area (Å²) in [4.78, 5) is 11.7. The maximum Gasteiger partial charge on any atom is 0.411 e. The highest BCUT2D eigenvalue weighted by Crippen LogP contribution is 2.29. The quantitative estimate of drug-likeness (QED) is 0.821. The van der Waals surface area contributed by atoms with Gasteiger partial charge in [-0.05, 0) is 34.5 Å². The largest absolute Gasteiger partial charge is 0.449 e. The zero-order valence-corrected chi connectivity index (χ0v) is 13.7. The number of unbranched alkanes of at least 4 members (excludes halogenated alkanes) is 1. The van der Waals surface area contributed by atoms with Crippen molar-refractivity contribution in [2.24, 2.45) is 7.05 Å². The van der Waals surface area contributed by atoms with E-state index in [9.17, 15) is 4.79 Å². The molecule has 112 valence electrons. The summed E-state index contributed by atoms with van der Waals surface area (Å²) in [5.41, 5.74) is 2.62. The average molecular weight is 352 g/mol. The van der Waals surface area contributed by atoms with E-state index in [1.54, 1.807) is 10.9 Å². The van der Waals surface area contributed by atoms with E-state index in [2.05, 4.69) is 33.3 Å². The van der Waals surface area contributed by atoms with E-state index < -0.39 is 6.09 Å². The summed E-state index contributed by atoms with van der Waals surface area (Å²) in [7, 11) is 1.87. The topological polar surface area (TPSA) is 56.1 Å². The first kappa shape index (κ1) is 15.6. The van der Waals surface area contributed by atoms with Gasteiger partial charge in [0.05, 0.1) is 23.0 Å². The third-order valence-corrected chi connectivity index (χ3v) is 3.59. The van der Waals surface area contributed by atoms with Crippen molar-refractivity contribution < 1.29 is 9.53 Å². The van der Waals surface area contributed by atoms with Gasteiger partial charge in [0.1, 0.15) is 0 Å². The number of amides is 1. The van der Waals surface area contributed by atoms with Crippen molar-refractivity contribution in [3.8, 4) is 11.3 Å². The molecule has 0 unspecified atom stereocenters. The Morgan fingerprint density at radius 1 is 1.48 bits per heavy atom. The number of hydrogen-bond acceptors (Lipinski definition) is 3. The zero-order valence-electron chi connectivity index (χ0n) is 12.1. The Morgan fingerprint density at radius 2 is 2.29 bits per heavy atom. The molecule has 2 rings (SSSR count). The molecule has 0 fully saturated rings. The van der Waals surface area contributed by atoms with Gasteiger partial charge in [0.25, 0.3) is 0 Å². The fourth-order valence-corrected chi connectivity index (χ4v) is 2.52. The van der Waals surface area contributed by atoms with E-state index in [0.29, 0.717) is 12.3 Å². The molecule has 21 heavy (non-hydrogen) atoms. The molecule has 1 amide bonds. The average Bonchev–Trinajstić information content (AvgIpc) is 2.79. The molecule has 1 aromatic heterocycles. The van der Waals surface area contributed by atoms with Crippen LogP contribution in [-0.2, 0) is 11.8 Å². The minimum Gasteiger partial charge on any atom is -0.449 e. The Bertz CT molecular complexity index is 606. The number of ether oxygens (including phenoxy) is 1. The number of rotatable bonds is 5. The SMILES string of the molecule is CCCCOC(=O)Nc1cccc(-c2c(Br)cnn2C)c1. The number of carbonyl (C=O) groups excluding carboxylic acids is 1. The molecule has 6 heteroatoms. The summed E-state index contributed by atoms with van der Waals surface area (Å²) in [6, 6.07) is 7.57. The Morgan fingerprint density at radius 3 is 2.95 bits per heavy atom. The van der Waals surface area contributed by atoms with Crippen molar-refractivity contribution in [3.05, 3.63) is 34.9 Å². The van der Waals surface area contributed by atoms with Crippen molar-refractivity contribution in [2.75, 3.05) is 11.9 Å². The molecule has 1 heterocycles. The van der Waals surface area contributed by atoms with Gasteiger partial charge in [-0.2, -0.15) is 5.10 Å². The number of hydrogen-bond donors (Lipinski definition) is 1. The lowest BCUT2D eigenvalue weighted by Crippen LogP contribution is -2.14. The van der Waals surface area contributed by atoms with Crippen molar-refractivity contribution in [1.29, 1.82) is 0 Å². The van der Waals surface area contributed by atoms with Gasteiger partial charge in [0.2, 0.25) is 0 Å². The van der Waals surface area contributed by atoms with Gasteiger partial charge in [-0.15, -0.1) is 0 Å². The predicted octanol–water partition coefficient (Wildman–Crippen LogP) is 4.20. The van der Waals surface area contributed by atoms with Crippen LogP contribution >= 0.6 is 15.9 Å². The van der Waals surface area contributed by atoms with E-state index in [4.69, 9.17) is 4.74 Å². The minimum atomic E-state index is -0.426. The van der Waals surface area contributed by atoms with Crippen LogP contribution in [0.3, 0.4) is 0 Å². The molecule has 0 spiro atoms. The first-order chi connectivity index (χ1) is 10.1. The molecular weight excluding hydrogens is 334 g/mol. The molecule has 2 aromatic rings. The Balaban J connectivity index is 2.10. The molecule has 1 aromatic carbocycles. The van der Waals surface area contributed by atoms with Crippen LogP contribution in [0.1, 0.15) is 19.8 Å². The number of nitrogens with zero attached hydrogens (tertiary/aromatic N) is 2. The summed E-state index contributed by atoms with van der Waals surface area (Å²) in [6.45, 7) is 2.49. The Kier molecular flexibility index (Phi) is 5.38. The number of aryl methyl sites for hydroxylation is 1. The van der Waals surface area contributed by atoms with Crippen LogP contribution in [0.5, 0.6) is 0 Å². The first-order valence-corrected chi connectivity index (χ1v) is 7.63. The maximum atomic E-state index is 11.7. The number of aromatic nitrogens is 2. The summed E-state index contributed by atoms with van der Waals surface area (Å²) in [5, 5.41) is 6.93. The van der Waals surface area contributed by atoms with Gasteiger partial charge < -0.3 is 4.74 Å². The molecule has 5 nitrogen and oxygen atoms in total. The van der Waals surface area contributed by atoms with E-state index in [1.807, 2.05) is 31.3 Å². The van der Waals surface area contributed by atoms with Gasteiger partial charge in [-0.25, -0.2) is 4.79 Å². The lowest BCUT2D eigenvalue weighted by Gasteiger charge is -2.09. The lowest BCUT2D eigenvalue weighted by atomic mass is 10.1. The highest BCUT2D eigenvalue weighted by Gasteiger charge is 2.10. The Hall–Kier alpha value is -1.82. The number of nitrogens with one attached hydrogen (secondary N) is 1. The monoisotopic (exact) mass is 351 g/mol. The van der Waals surface area contributed by atoms with Crippen LogP contribution in [0.2, 0.25) is 0 Å². The van der Waals surface area contributed by atoms with Crippen LogP contribution in [0, 0.1) is 0 Å². The minimum absolute atomic E-state index is 0.426. The van der Waals surface area contributed by atoms with Crippen molar-refractivity contribution >= 4 is 27.7 Å². The normalized spacial score (nSPS) is 10.4. The fourth-order valence-electron chi connectivity index (χ4n) is 1.94. The molecule has 1 N–H and O–H groups in total. The summed E-state index contributed by atoms with van der Waals surface area (Å²) in [5.74, 6) is 0. The maximum absolute atomic E-state index is 11.7. The molecule has 0 atom stereocenters. The van der Waals surface area contributed by atoms with Crippen molar-refractivity contribution in [2.45, 2.75) is 19.8 Å². The van der Waals surface area contributed by atoms with Crippen LogP contribution < -0.4 is 5.32 Å². The molecule has 0 aliphatic carbocycles. The van der Waals surface area contributed by atoms with Gasteiger partial charge >= 0.3 is 6.09 Å². The zero-order chi connectivity index (χ0) is 15.2. The molecular formula is C15H18BrN3O2. The van der Waals surface area contributed by atoms with Gasteiger partial charge in [-0.1, -0.05) is 25.5 Å². The van der Waals surface area contributed by atoms with E-state index in [-0.39, 0.29) is 0 Å². The lowest BCUT2D eigenvalue weighted by molar-refractivity contribution is 0.160. The van der Waals surface area contributed by atoms with Gasteiger partial charge in [0.15, 0.2) is 0 Å². The van der Waals surface area contributed by atoms with Crippen LogP contribution in [-0.4, -0.2) is 22.5 Å². The third-order valence-electron chi connectivity index (χ3n) is 3.01.